The van der Waals surface area contributed by atoms with Gasteiger partial charge in [-0.05, 0) is 17.3 Å². The Hall–Kier alpha value is -4.02. The van der Waals surface area contributed by atoms with Crippen LogP contribution in [-0.2, 0) is 6.54 Å². The van der Waals surface area contributed by atoms with Gasteiger partial charge in [-0.3, -0.25) is 0 Å². The SMILES string of the molecule is Nc1nc(-c2nn(Cc3ccccc3F)c3ncc(F)cc23)nc(N)c1N=O. The fourth-order valence-corrected chi connectivity index (χ4v) is 2.79. The first-order chi connectivity index (χ1) is 13.5. The van der Waals surface area contributed by atoms with E-state index in [1.165, 1.54) is 16.8 Å². The van der Waals surface area contributed by atoms with Crippen LogP contribution >= 0.6 is 0 Å². The summed E-state index contributed by atoms with van der Waals surface area (Å²) in [4.78, 5) is 22.8. The fraction of sp³-hybridized carbons (Fsp3) is 0.0588. The van der Waals surface area contributed by atoms with E-state index in [1.54, 1.807) is 18.2 Å². The second kappa shape index (κ2) is 6.61. The summed E-state index contributed by atoms with van der Waals surface area (Å²) in [6, 6.07) is 7.38. The fourth-order valence-electron chi connectivity index (χ4n) is 2.79. The molecule has 0 spiro atoms. The van der Waals surface area contributed by atoms with E-state index in [9.17, 15) is 13.7 Å². The Kier molecular flexibility index (Phi) is 4.11. The van der Waals surface area contributed by atoms with E-state index in [2.05, 4.69) is 25.2 Å². The van der Waals surface area contributed by atoms with Gasteiger partial charge < -0.3 is 11.5 Å². The molecule has 0 saturated heterocycles. The van der Waals surface area contributed by atoms with Gasteiger partial charge in [0, 0.05) is 5.56 Å². The monoisotopic (exact) mass is 382 g/mol. The smallest absolute Gasteiger partial charge is 0.192 e. The molecule has 0 bridgehead atoms. The molecule has 0 fully saturated rings. The van der Waals surface area contributed by atoms with Crippen molar-refractivity contribution in [2.45, 2.75) is 6.54 Å². The summed E-state index contributed by atoms with van der Waals surface area (Å²) in [7, 11) is 0. The number of benzene rings is 1. The van der Waals surface area contributed by atoms with Crippen LogP contribution < -0.4 is 11.5 Å². The molecule has 4 rings (SSSR count). The van der Waals surface area contributed by atoms with Crippen molar-refractivity contribution in [3.05, 3.63) is 58.6 Å². The molecule has 0 atom stereocenters. The van der Waals surface area contributed by atoms with Crippen LogP contribution in [0.15, 0.2) is 41.7 Å². The first-order valence-electron chi connectivity index (χ1n) is 8.00. The number of pyridine rings is 1. The van der Waals surface area contributed by atoms with Gasteiger partial charge >= 0.3 is 0 Å². The quantitative estimate of drug-likeness (QED) is 0.518. The molecule has 1 aromatic carbocycles. The molecule has 140 valence electrons. The Morgan fingerprint density at radius 3 is 2.50 bits per heavy atom. The highest BCUT2D eigenvalue weighted by Crippen LogP contribution is 2.31. The van der Waals surface area contributed by atoms with Gasteiger partial charge in [0.2, 0.25) is 0 Å². The number of hydrogen-bond donors (Lipinski definition) is 2. The first kappa shape index (κ1) is 17.4. The van der Waals surface area contributed by atoms with Gasteiger partial charge in [-0.25, -0.2) is 28.4 Å². The number of fused-ring (bicyclic) bond motifs is 1. The third-order valence-electron chi connectivity index (χ3n) is 4.07. The Balaban J connectivity index is 1.91. The van der Waals surface area contributed by atoms with Gasteiger partial charge in [0.1, 0.15) is 17.3 Å². The van der Waals surface area contributed by atoms with Crippen molar-refractivity contribution in [2.75, 3.05) is 11.5 Å². The lowest BCUT2D eigenvalue weighted by molar-refractivity contribution is 0.588. The van der Waals surface area contributed by atoms with E-state index in [0.29, 0.717) is 5.56 Å². The zero-order chi connectivity index (χ0) is 19.8. The van der Waals surface area contributed by atoms with Crippen molar-refractivity contribution in [3.8, 4) is 11.5 Å². The minimum atomic E-state index is -0.605. The molecular formula is C17H12F2N8O. The van der Waals surface area contributed by atoms with Crippen molar-refractivity contribution >= 4 is 28.4 Å². The number of nitroso groups, excluding NO2 is 1. The van der Waals surface area contributed by atoms with Crippen molar-refractivity contribution in [1.82, 2.24) is 24.7 Å². The average molecular weight is 382 g/mol. The van der Waals surface area contributed by atoms with Gasteiger partial charge in [-0.1, -0.05) is 18.2 Å². The van der Waals surface area contributed by atoms with Crippen molar-refractivity contribution < 1.29 is 8.78 Å². The summed E-state index contributed by atoms with van der Waals surface area (Å²) in [6.07, 6.45) is 1.02. The highest BCUT2D eigenvalue weighted by Gasteiger charge is 2.20. The van der Waals surface area contributed by atoms with Crippen LogP contribution in [0.4, 0.5) is 26.1 Å². The average Bonchev–Trinajstić information content (AvgIpc) is 3.01. The number of anilines is 2. The van der Waals surface area contributed by atoms with Crippen LogP contribution in [0.3, 0.4) is 0 Å². The largest absolute Gasteiger partial charge is 0.382 e. The molecule has 3 aromatic heterocycles. The topological polar surface area (TPSA) is 138 Å². The highest BCUT2D eigenvalue weighted by molar-refractivity contribution is 5.90. The minimum absolute atomic E-state index is 0.0351. The summed E-state index contributed by atoms with van der Waals surface area (Å²) in [5.41, 5.74) is 11.9. The molecular weight excluding hydrogens is 370 g/mol. The number of nitrogens with zero attached hydrogens (tertiary/aromatic N) is 6. The molecule has 11 heteroatoms. The normalized spacial score (nSPS) is 11.1. The number of nitrogens with two attached hydrogens (primary N) is 2. The highest BCUT2D eigenvalue weighted by atomic mass is 19.1. The van der Waals surface area contributed by atoms with E-state index in [4.69, 9.17) is 11.5 Å². The van der Waals surface area contributed by atoms with Crippen LogP contribution in [0.2, 0.25) is 0 Å². The molecule has 0 aliphatic heterocycles. The Morgan fingerprint density at radius 1 is 1.11 bits per heavy atom. The van der Waals surface area contributed by atoms with Crippen LogP contribution in [0.5, 0.6) is 0 Å². The van der Waals surface area contributed by atoms with Crippen molar-refractivity contribution in [3.63, 3.8) is 0 Å². The number of rotatable bonds is 4. The van der Waals surface area contributed by atoms with Gasteiger partial charge in [0.05, 0.1) is 18.1 Å². The first-order valence-corrected chi connectivity index (χ1v) is 8.00. The van der Waals surface area contributed by atoms with Gasteiger partial charge in [-0.15, -0.1) is 4.91 Å². The lowest BCUT2D eigenvalue weighted by atomic mass is 10.2. The van der Waals surface area contributed by atoms with E-state index >= 15 is 0 Å². The molecule has 4 aromatic rings. The molecule has 28 heavy (non-hydrogen) atoms. The lowest BCUT2D eigenvalue weighted by Crippen LogP contribution is -2.05. The van der Waals surface area contributed by atoms with Gasteiger partial charge in [0.15, 0.2) is 28.8 Å². The van der Waals surface area contributed by atoms with E-state index in [-0.39, 0.29) is 46.4 Å². The van der Waals surface area contributed by atoms with Gasteiger partial charge in [0.25, 0.3) is 0 Å². The van der Waals surface area contributed by atoms with Gasteiger partial charge in [-0.2, -0.15) is 5.10 Å². The van der Waals surface area contributed by atoms with Crippen LogP contribution in [0, 0.1) is 16.5 Å². The molecule has 0 saturated carbocycles. The predicted molar refractivity (Wildman–Crippen MR) is 98.3 cm³/mol. The Morgan fingerprint density at radius 2 is 1.82 bits per heavy atom. The second-order valence-corrected chi connectivity index (χ2v) is 5.88. The van der Waals surface area contributed by atoms with Crippen LogP contribution in [-0.4, -0.2) is 24.7 Å². The summed E-state index contributed by atoms with van der Waals surface area (Å²) >= 11 is 0. The molecule has 0 radical (unpaired) electrons. The van der Waals surface area contributed by atoms with Crippen LogP contribution in [0.1, 0.15) is 5.56 Å². The Bertz CT molecular complexity index is 1200. The zero-order valence-corrected chi connectivity index (χ0v) is 14.2. The lowest BCUT2D eigenvalue weighted by Gasteiger charge is -2.04. The molecule has 0 amide bonds. The Labute approximate surface area is 156 Å². The van der Waals surface area contributed by atoms with Crippen molar-refractivity contribution in [1.29, 1.82) is 0 Å². The summed E-state index contributed by atoms with van der Waals surface area (Å²) in [5.74, 6) is -1.53. The summed E-state index contributed by atoms with van der Waals surface area (Å²) in [6.45, 7) is 0.0424. The third kappa shape index (κ3) is 2.88. The number of nitrogen functional groups attached to an aromatic ring is 2. The maximum Gasteiger partial charge on any atom is 0.192 e. The third-order valence-corrected chi connectivity index (χ3v) is 4.07. The minimum Gasteiger partial charge on any atom is -0.382 e. The van der Waals surface area contributed by atoms with Crippen LogP contribution in [0.25, 0.3) is 22.6 Å². The van der Waals surface area contributed by atoms with E-state index < -0.39 is 11.6 Å². The number of aromatic nitrogens is 5. The standard InChI is InChI=1S/C17H12F2N8O/c18-9-5-10-12(16-23-14(20)13(26-28)15(21)24-16)25-27(17(10)22-6-9)7-8-3-1-2-4-11(8)19/h1-6H,7H2,(H4,20,21,23,24). The maximum absolute atomic E-state index is 14.0. The summed E-state index contributed by atoms with van der Waals surface area (Å²) < 4.78 is 29.2. The molecule has 3 heterocycles. The maximum atomic E-state index is 14.0. The molecule has 4 N–H and O–H groups in total. The van der Waals surface area contributed by atoms with Crippen molar-refractivity contribution in [2.24, 2.45) is 5.18 Å². The number of halogens is 2. The summed E-state index contributed by atoms with van der Waals surface area (Å²) in [5, 5.41) is 7.32. The van der Waals surface area contributed by atoms with E-state index in [0.717, 1.165) is 6.20 Å². The van der Waals surface area contributed by atoms with E-state index in [1.807, 2.05) is 0 Å². The second-order valence-electron chi connectivity index (χ2n) is 5.88. The molecule has 0 unspecified atom stereocenters. The molecule has 9 nitrogen and oxygen atoms in total. The molecule has 0 aliphatic rings. The number of hydrogen-bond acceptors (Lipinski definition) is 8. The zero-order valence-electron chi connectivity index (χ0n) is 14.2. The molecule has 0 aliphatic carbocycles. The predicted octanol–water partition coefficient (Wildman–Crippen LogP) is 2.78.